The van der Waals surface area contributed by atoms with Crippen LogP contribution in [0.5, 0.6) is 11.5 Å². The lowest BCUT2D eigenvalue weighted by Gasteiger charge is -2.34. The molecule has 3 rings (SSSR count). The van der Waals surface area contributed by atoms with Crippen molar-refractivity contribution in [2.24, 2.45) is 5.92 Å². The van der Waals surface area contributed by atoms with E-state index in [1.807, 2.05) is 30.3 Å². The van der Waals surface area contributed by atoms with Crippen LogP contribution in [0.1, 0.15) is 30.1 Å². The Labute approximate surface area is 159 Å². The van der Waals surface area contributed by atoms with Gasteiger partial charge in [-0.2, -0.15) is 0 Å². The molecule has 1 aliphatic rings. The number of methoxy groups -OCH3 is 1. The molecule has 0 radical (unpaired) electrons. The van der Waals surface area contributed by atoms with Gasteiger partial charge < -0.3 is 25.2 Å². The molecule has 1 aliphatic heterocycles. The number of aromatic hydroxyl groups is 1. The zero-order valence-electron chi connectivity index (χ0n) is 15.5. The van der Waals surface area contributed by atoms with Crippen molar-refractivity contribution in [3.05, 3.63) is 59.7 Å². The Morgan fingerprint density at radius 2 is 1.93 bits per heavy atom. The number of likely N-dealkylation sites (tertiary alicyclic amines) is 1. The first-order chi connectivity index (χ1) is 13.1. The largest absolute Gasteiger partial charge is 0.504 e. The van der Waals surface area contributed by atoms with Crippen LogP contribution in [0.25, 0.3) is 0 Å². The van der Waals surface area contributed by atoms with Crippen LogP contribution in [0.4, 0.5) is 4.79 Å². The van der Waals surface area contributed by atoms with Gasteiger partial charge in [-0.1, -0.05) is 36.4 Å². The van der Waals surface area contributed by atoms with Crippen LogP contribution in [-0.4, -0.2) is 41.3 Å². The van der Waals surface area contributed by atoms with Crippen LogP contribution in [0.15, 0.2) is 48.5 Å². The molecule has 1 heterocycles. The number of phenolic OH excluding ortho intramolecular Hbond substituents is 1. The molecule has 1 saturated heterocycles. The van der Waals surface area contributed by atoms with Crippen molar-refractivity contribution in [1.29, 1.82) is 0 Å². The Morgan fingerprint density at radius 3 is 2.59 bits per heavy atom. The van der Waals surface area contributed by atoms with Crippen LogP contribution in [0.2, 0.25) is 0 Å². The second-order valence-electron chi connectivity index (χ2n) is 6.84. The van der Waals surface area contributed by atoms with E-state index in [1.54, 1.807) is 23.1 Å². The molecule has 144 valence electrons. The topological polar surface area (TPSA) is 82.0 Å². The number of aliphatic hydroxyl groups is 1. The average molecular weight is 370 g/mol. The number of carbonyl (C=O) groups excluding carboxylic acids is 1. The van der Waals surface area contributed by atoms with Crippen LogP contribution in [-0.2, 0) is 6.54 Å². The number of phenols is 1. The normalized spacial score (nSPS) is 16.0. The molecule has 0 bridgehead atoms. The molecule has 2 aromatic carbocycles. The lowest BCUT2D eigenvalue weighted by atomic mass is 9.87. The molecular weight excluding hydrogens is 344 g/mol. The fourth-order valence-corrected chi connectivity index (χ4v) is 3.46. The van der Waals surface area contributed by atoms with Crippen LogP contribution >= 0.6 is 0 Å². The number of hydrogen-bond donors (Lipinski definition) is 3. The number of nitrogens with one attached hydrogen (secondary N) is 1. The molecule has 0 aliphatic carbocycles. The summed E-state index contributed by atoms with van der Waals surface area (Å²) in [4.78, 5) is 14.2. The zero-order chi connectivity index (χ0) is 19.2. The molecule has 0 spiro atoms. The number of urea groups is 1. The molecular formula is C21H26N2O4. The number of hydrogen-bond acceptors (Lipinski definition) is 4. The number of benzene rings is 2. The second kappa shape index (κ2) is 8.77. The highest BCUT2D eigenvalue weighted by molar-refractivity contribution is 5.74. The molecule has 1 atom stereocenters. The number of aliphatic hydroxyl groups excluding tert-OH is 1. The first-order valence-electron chi connectivity index (χ1n) is 9.20. The van der Waals surface area contributed by atoms with Gasteiger partial charge in [-0.25, -0.2) is 4.79 Å². The van der Waals surface area contributed by atoms with Gasteiger partial charge in [0.2, 0.25) is 0 Å². The summed E-state index contributed by atoms with van der Waals surface area (Å²) in [5.41, 5.74) is 1.79. The SMILES string of the molecule is COc1cc(CNC(=O)N2CCC(C(O)c3ccccc3)CC2)ccc1O. The summed E-state index contributed by atoms with van der Waals surface area (Å²) < 4.78 is 5.08. The van der Waals surface area contributed by atoms with Crippen molar-refractivity contribution in [2.75, 3.05) is 20.2 Å². The molecule has 3 N–H and O–H groups in total. The predicted octanol–water partition coefficient (Wildman–Crippen LogP) is 3.06. The van der Waals surface area contributed by atoms with Gasteiger partial charge in [-0.05, 0) is 42.0 Å². The van der Waals surface area contributed by atoms with Crippen LogP contribution in [0.3, 0.4) is 0 Å². The Hall–Kier alpha value is -2.73. The van der Waals surface area contributed by atoms with E-state index in [1.165, 1.54) is 7.11 Å². The lowest BCUT2D eigenvalue weighted by Crippen LogP contribution is -2.44. The summed E-state index contributed by atoms with van der Waals surface area (Å²) in [5, 5.41) is 23.1. The first-order valence-corrected chi connectivity index (χ1v) is 9.20. The molecule has 2 aromatic rings. The summed E-state index contributed by atoms with van der Waals surface area (Å²) in [6.45, 7) is 1.61. The van der Waals surface area contributed by atoms with E-state index in [0.717, 1.165) is 24.0 Å². The van der Waals surface area contributed by atoms with E-state index < -0.39 is 6.10 Å². The van der Waals surface area contributed by atoms with Gasteiger partial charge in [0, 0.05) is 19.6 Å². The van der Waals surface area contributed by atoms with E-state index in [2.05, 4.69) is 5.32 Å². The highest BCUT2D eigenvalue weighted by atomic mass is 16.5. The standard InChI is InChI=1S/C21H26N2O4/c1-27-19-13-15(7-8-18(19)24)14-22-21(26)23-11-9-17(10-12-23)20(25)16-5-3-2-4-6-16/h2-8,13,17,20,24-25H,9-12,14H2,1H3,(H,22,26). The zero-order valence-corrected chi connectivity index (χ0v) is 15.5. The van der Waals surface area contributed by atoms with E-state index >= 15 is 0 Å². The van der Waals surface area contributed by atoms with Gasteiger partial charge >= 0.3 is 6.03 Å². The summed E-state index contributed by atoms with van der Waals surface area (Å²) in [6.07, 6.45) is 1.06. The predicted molar refractivity (Wildman–Crippen MR) is 103 cm³/mol. The molecule has 2 amide bonds. The Kier molecular flexibility index (Phi) is 6.19. The Morgan fingerprint density at radius 1 is 1.22 bits per heavy atom. The van der Waals surface area contributed by atoms with Crippen molar-refractivity contribution in [1.82, 2.24) is 10.2 Å². The summed E-state index contributed by atoms with van der Waals surface area (Å²) in [7, 11) is 1.49. The van der Waals surface area contributed by atoms with Crippen molar-refractivity contribution in [3.8, 4) is 11.5 Å². The number of piperidine rings is 1. The van der Waals surface area contributed by atoms with Crippen molar-refractivity contribution in [2.45, 2.75) is 25.5 Å². The monoisotopic (exact) mass is 370 g/mol. The maximum atomic E-state index is 12.4. The smallest absolute Gasteiger partial charge is 0.317 e. The van der Waals surface area contributed by atoms with Gasteiger partial charge in [0.25, 0.3) is 0 Å². The van der Waals surface area contributed by atoms with Gasteiger partial charge in [0.15, 0.2) is 11.5 Å². The molecule has 1 unspecified atom stereocenters. The van der Waals surface area contributed by atoms with Gasteiger partial charge in [0.1, 0.15) is 0 Å². The number of amides is 2. The Bertz CT molecular complexity index is 758. The highest BCUT2D eigenvalue weighted by Gasteiger charge is 2.28. The minimum Gasteiger partial charge on any atom is -0.504 e. The summed E-state index contributed by atoms with van der Waals surface area (Å²) >= 11 is 0. The fraction of sp³-hybridized carbons (Fsp3) is 0.381. The van der Waals surface area contributed by atoms with E-state index in [0.29, 0.717) is 25.4 Å². The third-order valence-electron chi connectivity index (χ3n) is 5.10. The van der Waals surface area contributed by atoms with Crippen molar-refractivity contribution >= 4 is 6.03 Å². The number of carbonyl (C=O) groups is 1. The third kappa shape index (κ3) is 4.71. The quantitative estimate of drug-likeness (QED) is 0.755. The fourth-order valence-electron chi connectivity index (χ4n) is 3.46. The van der Waals surface area contributed by atoms with Crippen LogP contribution in [0, 0.1) is 5.92 Å². The highest BCUT2D eigenvalue weighted by Crippen LogP contribution is 2.30. The van der Waals surface area contributed by atoms with Crippen molar-refractivity contribution in [3.63, 3.8) is 0 Å². The van der Waals surface area contributed by atoms with Gasteiger partial charge in [-0.15, -0.1) is 0 Å². The van der Waals surface area contributed by atoms with E-state index in [4.69, 9.17) is 4.74 Å². The third-order valence-corrected chi connectivity index (χ3v) is 5.10. The van der Waals surface area contributed by atoms with Crippen molar-refractivity contribution < 1.29 is 19.7 Å². The maximum absolute atomic E-state index is 12.4. The second-order valence-corrected chi connectivity index (χ2v) is 6.84. The molecule has 27 heavy (non-hydrogen) atoms. The average Bonchev–Trinajstić information content (AvgIpc) is 2.73. The van der Waals surface area contributed by atoms with Gasteiger partial charge in [-0.3, -0.25) is 0 Å². The number of nitrogens with zero attached hydrogens (tertiary/aromatic N) is 1. The molecule has 1 fully saturated rings. The number of rotatable bonds is 5. The first kappa shape index (κ1) is 19.0. The van der Waals surface area contributed by atoms with E-state index in [-0.39, 0.29) is 17.7 Å². The maximum Gasteiger partial charge on any atom is 0.317 e. The molecule has 0 saturated carbocycles. The van der Waals surface area contributed by atoms with E-state index in [9.17, 15) is 15.0 Å². The van der Waals surface area contributed by atoms with Crippen LogP contribution < -0.4 is 10.1 Å². The van der Waals surface area contributed by atoms with Gasteiger partial charge in [0.05, 0.1) is 13.2 Å². The number of ether oxygens (including phenoxy) is 1. The Balaban J connectivity index is 1.48. The molecule has 6 heteroatoms. The summed E-state index contributed by atoms with van der Waals surface area (Å²) in [5.74, 6) is 0.627. The minimum absolute atomic E-state index is 0.0756. The summed E-state index contributed by atoms with van der Waals surface area (Å²) in [6, 6.07) is 14.6. The molecule has 0 aromatic heterocycles. The lowest BCUT2D eigenvalue weighted by molar-refractivity contribution is 0.0665. The minimum atomic E-state index is -0.485. The molecule has 6 nitrogen and oxygen atoms in total.